The summed E-state index contributed by atoms with van der Waals surface area (Å²) in [5.74, 6) is 1.02. The van der Waals surface area contributed by atoms with Gasteiger partial charge >= 0.3 is 0 Å². The standard InChI is InChI=1S/C16H21N3O2S/c1-12-5-6-15(13(2)10-12)22(20,21)19-9-3-4-14(11-19)16-17-7-8-18-16/h5-8,10,14H,3-4,9,11H2,1-2H3,(H,17,18). The number of piperidine rings is 1. The van der Waals surface area contributed by atoms with Crippen molar-refractivity contribution in [3.63, 3.8) is 0 Å². The van der Waals surface area contributed by atoms with E-state index in [0.717, 1.165) is 29.8 Å². The molecule has 1 fully saturated rings. The van der Waals surface area contributed by atoms with Crippen molar-refractivity contribution in [3.8, 4) is 0 Å². The van der Waals surface area contributed by atoms with Gasteiger partial charge in [-0.25, -0.2) is 13.4 Å². The Morgan fingerprint density at radius 2 is 2.14 bits per heavy atom. The largest absolute Gasteiger partial charge is 0.348 e. The maximum absolute atomic E-state index is 12.9. The van der Waals surface area contributed by atoms with Crippen LogP contribution in [0.25, 0.3) is 0 Å². The monoisotopic (exact) mass is 319 g/mol. The van der Waals surface area contributed by atoms with Crippen LogP contribution in [0, 0.1) is 13.8 Å². The van der Waals surface area contributed by atoms with E-state index in [1.54, 1.807) is 22.8 Å². The normalized spacial score (nSPS) is 20.2. The Hall–Kier alpha value is -1.66. The molecular weight excluding hydrogens is 298 g/mol. The van der Waals surface area contributed by atoms with Gasteiger partial charge in [0.1, 0.15) is 5.82 Å². The molecule has 1 atom stereocenters. The molecule has 0 radical (unpaired) electrons. The predicted octanol–water partition coefficient (Wildman–Crippen LogP) is 2.59. The molecule has 1 aromatic heterocycles. The number of aromatic amines is 1. The lowest BCUT2D eigenvalue weighted by atomic mass is 9.99. The summed E-state index contributed by atoms with van der Waals surface area (Å²) in [4.78, 5) is 7.80. The van der Waals surface area contributed by atoms with Crippen molar-refractivity contribution in [1.82, 2.24) is 14.3 Å². The van der Waals surface area contributed by atoms with E-state index in [1.165, 1.54) is 0 Å². The number of hydrogen-bond acceptors (Lipinski definition) is 3. The topological polar surface area (TPSA) is 66.1 Å². The number of imidazole rings is 1. The highest BCUT2D eigenvalue weighted by molar-refractivity contribution is 7.89. The van der Waals surface area contributed by atoms with Crippen LogP contribution in [0.15, 0.2) is 35.5 Å². The molecule has 0 bridgehead atoms. The summed E-state index contributed by atoms with van der Waals surface area (Å²) < 4.78 is 27.5. The number of sulfonamides is 1. The molecule has 1 aliphatic heterocycles. The molecule has 1 aromatic carbocycles. The minimum atomic E-state index is -3.44. The molecule has 0 spiro atoms. The molecule has 22 heavy (non-hydrogen) atoms. The first-order chi connectivity index (χ1) is 10.5. The minimum absolute atomic E-state index is 0.143. The minimum Gasteiger partial charge on any atom is -0.348 e. The van der Waals surface area contributed by atoms with E-state index < -0.39 is 10.0 Å². The summed E-state index contributed by atoms with van der Waals surface area (Å²) in [6, 6.07) is 5.49. The fourth-order valence-electron chi connectivity index (χ4n) is 3.11. The summed E-state index contributed by atoms with van der Waals surface area (Å²) in [5, 5.41) is 0. The van der Waals surface area contributed by atoms with Gasteiger partial charge in [-0.05, 0) is 38.3 Å². The molecule has 1 N–H and O–H groups in total. The number of nitrogens with one attached hydrogen (secondary N) is 1. The highest BCUT2D eigenvalue weighted by atomic mass is 32.2. The average molecular weight is 319 g/mol. The molecule has 0 amide bonds. The van der Waals surface area contributed by atoms with Crippen molar-refractivity contribution in [3.05, 3.63) is 47.5 Å². The van der Waals surface area contributed by atoms with Crippen molar-refractivity contribution in [2.45, 2.75) is 37.5 Å². The molecule has 5 nitrogen and oxygen atoms in total. The Kier molecular flexibility index (Phi) is 4.06. The summed E-state index contributed by atoms with van der Waals surface area (Å²) >= 11 is 0. The van der Waals surface area contributed by atoms with Gasteiger partial charge in [0, 0.05) is 31.4 Å². The van der Waals surface area contributed by atoms with E-state index in [4.69, 9.17) is 0 Å². The summed E-state index contributed by atoms with van der Waals surface area (Å²) in [6.45, 7) is 4.89. The first-order valence-electron chi connectivity index (χ1n) is 7.55. The summed E-state index contributed by atoms with van der Waals surface area (Å²) in [7, 11) is -3.44. The SMILES string of the molecule is Cc1ccc(S(=O)(=O)N2CCCC(c3ncc[nH]3)C2)c(C)c1. The second-order valence-electron chi connectivity index (χ2n) is 5.95. The van der Waals surface area contributed by atoms with Gasteiger partial charge in [0.2, 0.25) is 10.0 Å². The summed E-state index contributed by atoms with van der Waals surface area (Å²) in [6.07, 6.45) is 5.32. The first kappa shape index (κ1) is 15.2. The highest BCUT2D eigenvalue weighted by Crippen LogP contribution is 2.29. The first-order valence-corrected chi connectivity index (χ1v) is 8.99. The molecular formula is C16H21N3O2S. The van der Waals surface area contributed by atoms with E-state index in [-0.39, 0.29) is 5.92 Å². The molecule has 118 valence electrons. The lowest BCUT2D eigenvalue weighted by molar-refractivity contribution is 0.310. The Balaban J connectivity index is 1.88. The zero-order chi connectivity index (χ0) is 15.7. The van der Waals surface area contributed by atoms with Crippen molar-refractivity contribution >= 4 is 10.0 Å². The molecule has 3 rings (SSSR count). The van der Waals surface area contributed by atoms with Crippen molar-refractivity contribution in [1.29, 1.82) is 0 Å². The third-order valence-electron chi connectivity index (χ3n) is 4.24. The third-order valence-corrected chi connectivity index (χ3v) is 6.26. The lowest BCUT2D eigenvalue weighted by Crippen LogP contribution is -2.39. The van der Waals surface area contributed by atoms with E-state index in [2.05, 4.69) is 9.97 Å². The van der Waals surface area contributed by atoms with Gasteiger partial charge in [-0.3, -0.25) is 0 Å². The highest BCUT2D eigenvalue weighted by Gasteiger charge is 2.32. The predicted molar refractivity (Wildman–Crippen MR) is 85.2 cm³/mol. The van der Waals surface area contributed by atoms with Gasteiger partial charge in [0.15, 0.2) is 0 Å². The van der Waals surface area contributed by atoms with E-state index >= 15 is 0 Å². The maximum Gasteiger partial charge on any atom is 0.243 e. The van der Waals surface area contributed by atoms with Gasteiger partial charge in [-0.15, -0.1) is 0 Å². The molecule has 1 aliphatic rings. The number of aryl methyl sites for hydroxylation is 2. The second-order valence-corrected chi connectivity index (χ2v) is 7.85. The van der Waals surface area contributed by atoms with Crippen LogP contribution in [-0.2, 0) is 10.0 Å². The molecule has 1 unspecified atom stereocenters. The average Bonchev–Trinajstić information content (AvgIpc) is 3.01. The number of H-pyrrole nitrogens is 1. The van der Waals surface area contributed by atoms with Gasteiger partial charge in [-0.2, -0.15) is 4.31 Å². The van der Waals surface area contributed by atoms with Crippen molar-refractivity contribution in [2.75, 3.05) is 13.1 Å². The maximum atomic E-state index is 12.9. The molecule has 0 saturated carbocycles. The van der Waals surface area contributed by atoms with Gasteiger partial charge in [0.05, 0.1) is 4.90 Å². The Bertz CT molecular complexity index is 754. The second kappa shape index (κ2) is 5.85. The molecule has 2 heterocycles. The quantitative estimate of drug-likeness (QED) is 0.945. The number of hydrogen-bond donors (Lipinski definition) is 1. The number of benzene rings is 1. The molecule has 6 heteroatoms. The van der Waals surface area contributed by atoms with Crippen LogP contribution in [0.1, 0.15) is 35.7 Å². The van der Waals surface area contributed by atoms with Gasteiger partial charge in [-0.1, -0.05) is 17.7 Å². The Morgan fingerprint density at radius 3 is 2.82 bits per heavy atom. The van der Waals surface area contributed by atoms with Crippen LogP contribution >= 0.6 is 0 Å². The Labute approximate surface area is 131 Å². The fourth-order valence-corrected chi connectivity index (χ4v) is 4.84. The Morgan fingerprint density at radius 1 is 1.32 bits per heavy atom. The molecule has 1 saturated heterocycles. The molecule has 0 aliphatic carbocycles. The van der Waals surface area contributed by atoms with Gasteiger partial charge in [0.25, 0.3) is 0 Å². The van der Waals surface area contributed by atoms with Crippen LogP contribution in [0.3, 0.4) is 0 Å². The fraction of sp³-hybridized carbons (Fsp3) is 0.438. The van der Waals surface area contributed by atoms with Crippen LogP contribution in [-0.4, -0.2) is 35.8 Å². The van der Waals surface area contributed by atoms with Crippen molar-refractivity contribution in [2.24, 2.45) is 0 Å². The number of rotatable bonds is 3. The van der Waals surface area contributed by atoms with Crippen LogP contribution < -0.4 is 0 Å². The van der Waals surface area contributed by atoms with Gasteiger partial charge < -0.3 is 4.98 Å². The number of nitrogens with zero attached hydrogens (tertiary/aromatic N) is 2. The van der Waals surface area contributed by atoms with Crippen LogP contribution in [0.5, 0.6) is 0 Å². The zero-order valence-corrected chi connectivity index (χ0v) is 13.7. The van der Waals surface area contributed by atoms with E-state index in [0.29, 0.717) is 18.0 Å². The third kappa shape index (κ3) is 2.80. The van der Waals surface area contributed by atoms with Crippen molar-refractivity contribution < 1.29 is 8.42 Å². The molecule has 2 aromatic rings. The van der Waals surface area contributed by atoms with E-state index in [1.807, 2.05) is 26.0 Å². The zero-order valence-electron chi connectivity index (χ0n) is 12.9. The lowest BCUT2D eigenvalue weighted by Gasteiger charge is -2.31. The van der Waals surface area contributed by atoms with Crippen LogP contribution in [0.2, 0.25) is 0 Å². The smallest absolute Gasteiger partial charge is 0.243 e. The number of aromatic nitrogens is 2. The van der Waals surface area contributed by atoms with E-state index in [9.17, 15) is 8.42 Å². The van der Waals surface area contributed by atoms with Crippen LogP contribution in [0.4, 0.5) is 0 Å². The summed E-state index contributed by atoms with van der Waals surface area (Å²) in [5.41, 5.74) is 1.88.